The van der Waals surface area contributed by atoms with Gasteiger partial charge in [-0.15, -0.1) is 13.2 Å². The Bertz CT molecular complexity index is 1070. The minimum atomic E-state index is -4.78. The molecular formula is C17H11F3N4O. The fraction of sp³-hybridized carbons (Fsp3) is 0.118. The van der Waals surface area contributed by atoms with Crippen LogP contribution in [-0.4, -0.2) is 25.9 Å². The smallest absolute Gasteiger partial charge is 0.403 e. The van der Waals surface area contributed by atoms with E-state index in [2.05, 4.69) is 19.7 Å². The van der Waals surface area contributed by atoms with E-state index in [9.17, 15) is 13.2 Å². The molecule has 0 amide bonds. The molecule has 0 aliphatic heterocycles. The zero-order chi connectivity index (χ0) is 17.6. The fourth-order valence-electron chi connectivity index (χ4n) is 2.83. The molecule has 4 aromatic rings. The molecule has 0 aliphatic carbocycles. The van der Waals surface area contributed by atoms with Crippen molar-refractivity contribution in [1.29, 1.82) is 0 Å². The topological polar surface area (TPSA) is 52.8 Å². The molecule has 126 valence electrons. The molecule has 0 fully saturated rings. The summed E-state index contributed by atoms with van der Waals surface area (Å²) in [5.74, 6) is 0.263. The Morgan fingerprint density at radius 1 is 1.04 bits per heavy atom. The second kappa shape index (κ2) is 5.44. The van der Waals surface area contributed by atoms with E-state index in [1.165, 1.54) is 18.3 Å². The number of imidazole rings is 1. The highest BCUT2D eigenvalue weighted by Crippen LogP contribution is 2.34. The third kappa shape index (κ3) is 2.65. The number of rotatable bonds is 2. The predicted octanol–water partition coefficient (Wildman–Crippen LogP) is 4.08. The van der Waals surface area contributed by atoms with Crippen LogP contribution in [0, 0.1) is 0 Å². The standard InChI is InChI=1S/C17H11F3N4O/c1-24-15-10-5-4-7-13(25-17(18,19)20)14(10)22-9-12(15)23-16(24)11-6-2-3-8-21-11/h2-9H,1H3. The average Bonchev–Trinajstić information content (AvgIpc) is 2.92. The number of aryl methyl sites for hydroxylation is 1. The molecule has 0 bridgehead atoms. The van der Waals surface area contributed by atoms with Crippen LogP contribution in [-0.2, 0) is 7.05 Å². The first-order valence-electron chi connectivity index (χ1n) is 7.35. The molecule has 0 radical (unpaired) electrons. The molecule has 0 spiro atoms. The van der Waals surface area contributed by atoms with E-state index in [0.29, 0.717) is 27.9 Å². The van der Waals surface area contributed by atoms with Crippen LogP contribution in [0.15, 0.2) is 48.8 Å². The zero-order valence-corrected chi connectivity index (χ0v) is 12.9. The van der Waals surface area contributed by atoms with E-state index in [1.54, 1.807) is 29.9 Å². The van der Waals surface area contributed by atoms with Gasteiger partial charge in [0.15, 0.2) is 11.6 Å². The van der Waals surface area contributed by atoms with E-state index in [1.807, 2.05) is 12.1 Å². The Morgan fingerprint density at radius 2 is 1.88 bits per heavy atom. The summed E-state index contributed by atoms with van der Waals surface area (Å²) in [5, 5.41) is 0.524. The third-order valence-corrected chi connectivity index (χ3v) is 3.81. The van der Waals surface area contributed by atoms with Crippen LogP contribution in [0.5, 0.6) is 5.75 Å². The first-order chi connectivity index (χ1) is 11.9. The van der Waals surface area contributed by atoms with Crippen molar-refractivity contribution in [3.05, 3.63) is 48.8 Å². The molecular weight excluding hydrogens is 333 g/mol. The van der Waals surface area contributed by atoms with Gasteiger partial charge in [-0.2, -0.15) is 0 Å². The predicted molar refractivity (Wildman–Crippen MR) is 85.9 cm³/mol. The van der Waals surface area contributed by atoms with Gasteiger partial charge in [0.1, 0.15) is 16.7 Å². The van der Waals surface area contributed by atoms with Gasteiger partial charge >= 0.3 is 6.36 Å². The maximum Gasteiger partial charge on any atom is 0.573 e. The van der Waals surface area contributed by atoms with Crippen LogP contribution in [0.1, 0.15) is 0 Å². The van der Waals surface area contributed by atoms with Crippen LogP contribution < -0.4 is 4.74 Å². The van der Waals surface area contributed by atoms with Gasteiger partial charge < -0.3 is 9.30 Å². The molecule has 0 N–H and O–H groups in total. The number of hydrogen-bond donors (Lipinski definition) is 0. The van der Waals surface area contributed by atoms with Crippen LogP contribution in [0.3, 0.4) is 0 Å². The Labute approximate surface area is 139 Å². The van der Waals surface area contributed by atoms with Gasteiger partial charge in [-0.1, -0.05) is 18.2 Å². The van der Waals surface area contributed by atoms with Gasteiger partial charge in [0.25, 0.3) is 0 Å². The van der Waals surface area contributed by atoms with Crippen molar-refractivity contribution in [2.45, 2.75) is 6.36 Å². The van der Waals surface area contributed by atoms with Crippen LogP contribution in [0.2, 0.25) is 0 Å². The largest absolute Gasteiger partial charge is 0.573 e. The number of pyridine rings is 2. The summed E-state index contributed by atoms with van der Waals surface area (Å²) in [6.07, 6.45) is -1.69. The molecule has 3 heterocycles. The molecule has 1 aromatic carbocycles. The number of ether oxygens (including phenoxy) is 1. The number of hydrogen-bond acceptors (Lipinski definition) is 4. The van der Waals surface area contributed by atoms with Gasteiger partial charge in [0.05, 0.1) is 11.7 Å². The molecule has 0 aliphatic rings. The molecule has 0 saturated heterocycles. The quantitative estimate of drug-likeness (QED) is 0.550. The molecule has 3 aromatic heterocycles. The number of fused-ring (bicyclic) bond motifs is 3. The Balaban J connectivity index is 1.98. The number of aromatic nitrogens is 4. The van der Waals surface area contributed by atoms with Gasteiger partial charge in [-0.25, -0.2) is 9.97 Å². The minimum Gasteiger partial charge on any atom is -0.403 e. The van der Waals surface area contributed by atoms with Crippen molar-refractivity contribution in [2.24, 2.45) is 7.05 Å². The van der Waals surface area contributed by atoms with E-state index in [-0.39, 0.29) is 11.3 Å². The third-order valence-electron chi connectivity index (χ3n) is 3.81. The Kier molecular flexibility index (Phi) is 3.34. The highest BCUT2D eigenvalue weighted by molar-refractivity contribution is 6.05. The lowest BCUT2D eigenvalue weighted by molar-refractivity contribution is -0.274. The average molecular weight is 344 g/mol. The molecule has 4 rings (SSSR count). The monoisotopic (exact) mass is 344 g/mol. The van der Waals surface area contributed by atoms with E-state index >= 15 is 0 Å². The SMILES string of the molecule is Cn1c(-c2ccccn2)nc2cnc3c(OC(F)(F)F)cccc3c21. The lowest BCUT2D eigenvalue weighted by Gasteiger charge is -2.11. The first-order valence-corrected chi connectivity index (χ1v) is 7.35. The zero-order valence-electron chi connectivity index (χ0n) is 12.9. The Morgan fingerprint density at radius 3 is 2.60 bits per heavy atom. The van der Waals surface area contributed by atoms with Crippen LogP contribution in [0.4, 0.5) is 13.2 Å². The van der Waals surface area contributed by atoms with Crippen molar-refractivity contribution in [3.63, 3.8) is 0 Å². The molecule has 0 atom stereocenters. The number of para-hydroxylation sites is 1. The summed E-state index contributed by atoms with van der Waals surface area (Å²) in [6.45, 7) is 0. The van der Waals surface area contributed by atoms with Gasteiger partial charge in [-0.3, -0.25) is 4.98 Å². The number of halogens is 3. The number of nitrogens with zero attached hydrogens (tertiary/aromatic N) is 4. The lowest BCUT2D eigenvalue weighted by Crippen LogP contribution is -2.17. The highest BCUT2D eigenvalue weighted by atomic mass is 19.4. The van der Waals surface area contributed by atoms with Crippen molar-refractivity contribution in [3.8, 4) is 17.3 Å². The van der Waals surface area contributed by atoms with Crippen molar-refractivity contribution < 1.29 is 17.9 Å². The second-order valence-corrected chi connectivity index (χ2v) is 5.40. The van der Waals surface area contributed by atoms with Crippen LogP contribution in [0.25, 0.3) is 33.5 Å². The number of alkyl halides is 3. The highest BCUT2D eigenvalue weighted by Gasteiger charge is 2.32. The second-order valence-electron chi connectivity index (χ2n) is 5.40. The van der Waals surface area contributed by atoms with E-state index in [0.717, 1.165) is 0 Å². The molecule has 8 heteroatoms. The summed E-state index contributed by atoms with van der Waals surface area (Å²) in [5.41, 5.74) is 2.03. The van der Waals surface area contributed by atoms with E-state index in [4.69, 9.17) is 0 Å². The summed E-state index contributed by atoms with van der Waals surface area (Å²) < 4.78 is 43.7. The van der Waals surface area contributed by atoms with Crippen molar-refractivity contribution in [2.75, 3.05) is 0 Å². The Hall–Kier alpha value is -3.16. The summed E-state index contributed by atoms with van der Waals surface area (Å²) in [6, 6.07) is 9.88. The summed E-state index contributed by atoms with van der Waals surface area (Å²) in [4.78, 5) is 12.9. The summed E-state index contributed by atoms with van der Waals surface area (Å²) in [7, 11) is 1.79. The normalized spacial score (nSPS) is 12.0. The van der Waals surface area contributed by atoms with Crippen LogP contribution >= 0.6 is 0 Å². The van der Waals surface area contributed by atoms with Crippen molar-refractivity contribution in [1.82, 2.24) is 19.5 Å². The molecule has 25 heavy (non-hydrogen) atoms. The molecule has 0 saturated carbocycles. The number of benzene rings is 1. The molecule has 5 nitrogen and oxygen atoms in total. The first kappa shape index (κ1) is 15.4. The maximum atomic E-state index is 12.6. The van der Waals surface area contributed by atoms with Crippen molar-refractivity contribution >= 4 is 21.9 Å². The molecule has 0 unspecified atom stereocenters. The minimum absolute atomic E-state index is 0.128. The maximum absolute atomic E-state index is 12.6. The lowest BCUT2D eigenvalue weighted by atomic mass is 10.2. The summed E-state index contributed by atoms with van der Waals surface area (Å²) >= 11 is 0. The fourth-order valence-corrected chi connectivity index (χ4v) is 2.83. The van der Waals surface area contributed by atoms with E-state index < -0.39 is 6.36 Å². The van der Waals surface area contributed by atoms with Gasteiger partial charge in [0, 0.05) is 18.6 Å². The van der Waals surface area contributed by atoms with Gasteiger partial charge in [0.2, 0.25) is 0 Å². The van der Waals surface area contributed by atoms with Gasteiger partial charge in [-0.05, 0) is 18.2 Å².